The number of carbonyl (C=O) groups excluding carboxylic acids is 2. The molecule has 6 N–H and O–H groups in total. The zero-order valence-electron chi connectivity index (χ0n) is 14.7. The number of aliphatic carboxylic acids is 2. The first-order valence-electron chi connectivity index (χ1n) is 8.25. The van der Waals surface area contributed by atoms with E-state index in [4.69, 9.17) is 10.8 Å². The van der Waals surface area contributed by atoms with Gasteiger partial charge in [0.2, 0.25) is 5.91 Å². The molecule has 9 nitrogen and oxygen atoms in total. The van der Waals surface area contributed by atoms with Gasteiger partial charge in [0.05, 0.1) is 0 Å². The number of rotatable bonds is 9. The van der Waals surface area contributed by atoms with Gasteiger partial charge in [0.15, 0.2) is 11.3 Å². The number of ketones is 1. The molecule has 1 aromatic heterocycles. The first-order chi connectivity index (χ1) is 12.6. The number of para-hydroxylation sites is 1. The smallest absolute Gasteiger partial charge is 0.331 e. The van der Waals surface area contributed by atoms with Gasteiger partial charge in [0.25, 0.3) is 0 Å². The van der Waals surface area contributed by atoms with Gasteiger partial charge in [-0.25, -0.2) is 9.59 Å². The van der Waals surface area contributed by atoms with Crippen LogP contribution in [0.2, 0.25) is 0 Å². The third-order valence-corrected chi connectivity index (χ3v) is 4.49. The van der Waals surface area contributed by atoms with Crippen LogP contribution in [0, 0.1) is 0 Å². The van der Waals surface area contributed by atoms with E-state index in [2.05, 4.69) is 10.3 Å². The summed E-state index contributed by atoms with van der Waals surface area (Å²) >= 11 is 0. The Bertz CT molecular complexity index is 874. The Hall–Kier alpha value is -3.20. The number of H-pyrrole nitrogens is 1. The number of benzene rings is 1. The van der Waals surface area contributed by atoms with Gasteiger partial charge in [-0.15, -0.1) is 0 Å². The zero-order chi connectivity index (χ0) is 20.2. The van der Waals surface area contributed by atoms with Crippen molar-refractivity contribution in [3.05, 3.63) is 36.0 Å². The molecule has 144 valence electrons. The maximum Gasteiger partial charge on any atom is 0.331 e. The normalized spacial score (nSPS) is 14.3. The Balaban J connectivity index is 2.05. The Morgan fingerprint density at radius 1 is 1.22 bits per heavy atom. The average Bonchev–Trinajstić information content (AvgIpc) is 3.01. The fourth-order valence-electron chi connectivity index (χ4n) is 2.73. The monoisotopic (exact) mass is 375 g/mol. The number of hydrogen-bond donors (Lipinski definition) is 5. The standard InChI is InChI=1S/C18H21N3O6/c1-10(22)18(19,17(26)27)7-6-15(23)21-14(16(24)25)8-11-9-20-13-5-3-2-4-12(11)13/h2-5,9,14,20H,6-8,19H2,1H3,(H,21,23)(H,24,25)(H,26,27)/t14-,18-/m0/s1. The van der Waals surface area contributed by atoms with E-state index in [1.54, 1.807) is 6.20 Å². The summed E-state index contributed by atoms with van der Waals surface area (Å²) in [6, 6.07) is 6.15. The van der Waals surface area contributed by atoms with E-state index in [-0.39, 0.29) is 12.8 Å². The molecule has 0 aliphatic rings. The van der Waals surface area contributed by atoms with Crippen molar-refractivity contribution in [2.75, 3.05) is 0 Å². The zero-order valence-corrected chi connectivity index (χ0v) is 14.7. The number of carbonyl (C=O) groups is 4. The highest BCUT2D eigenvalue weighted by Gasteiger charge is 2.39. The molecule has 0 saturated carbocycles. The summed E-state index contributed by atoms with van der Waals surface area (Å²) in [6.07, 6.45) is 0.908. The van der Waals surface area contributed by atoms with Crippen molar-refractivity contribution in [3.63, 3.8) is 0 Å². The summed E-state index contributed by atoms with van der Waals surface area (Å²) in [6.45, 7) is 1.03. The second-order valence-corrected chi connectivity index (χ2v) is 6.35. The number of aromatic nitrogens is 1. The Morgan fingerprint density at radius 3 is 2.48 bits per heavy atom. The van der Waals surface area contributed by atoms with Crippen LogP contribution < -0.4 is 11.1 Å². The van der Waals surface area contributed by atoms with Crippen LogP contribution >= 0.6 is 0 Å². The minimum atomic E-state index is -2.17. The van der Waals surface area contributed by atoms with Crippen LogP contribution in [-0.4, -0.2) is 50.4 Å². The number of nitrogens with one attached hydrogen (secondary N) is 2. The highest BCUT2D eigenvalue weighted by molar-refractivity contribution is 6.06. The molecule has 1 aromatic carbocycles. The number of Topliss-reactive ketones (excluding diaryl/α,β-unsaturated/α-hetero) is 1. The summed E-state index contributed by atoms with van der Waals surface area (Å²) in [7, 11) is 0. The van der Waals surface area contributed by atoms with Crippen molar-refractivity contribution in [2.45, 2.75) is 37.8 Å². The molecule has 0 saturated heterocycles. The van der Waals surface area contributed by atoms with Crippen LogP contribution in [-0.2, 0) is 25.6 Å². The van der Waals surface area contributed by atoms with Gasteiger partial charge in [-0.2, -0.15) is 0 Å². The second kappa shape index (κ2) is 8.00. The van der Waals surface area contributed by atoms with E-state index < -0.39 is 41.6 Å². The van der Waals surface area contributed by atoms with E-state index >= 15 is 0 Å². The molecule has 0 radical (unpaired) electrons. The Labute approximate surface area is 154 Å². The van der Waals surface area contributed by atoms with Crippen molar-refractivity contribution in [1.29, 1.82) is 0 Å². The van der Waals surface area contributed by atoms with Gasteiger partial charge in [0.1, 0.15) is 6.04 Å². The maximum atomic E-state index is 12.1. The van der Waals surface area contributed by atoms with E-state index in [9.17, 15) is 24.3 Å². The third kappa shape index (κ3) is 4.50. The van der Waals surface area contributed by atoms with Crippen molar-refractivity contribution in [2.24, 2.45) is 5.73 Å². The van der Waals surface area contributed by atoms with Crippen molar-refractivity contribution in [3.8, 4) is 0 Å². The summed E-state index contributed by atoms with van der Waals surface area (Å²) in [5.41, 5.74) is 4.94. The Kier molecular flexibility index (Phi) is 5.96. The SMILES string of the molecule is CC(=O)[C@@](N)(CCC(=O)N[C@@H](Cc1c[nH]c2ccccc12)C(=O)O)C(=O)O. The highest BCUT2D eigenvalue weighted by Crippen LogP contribution is 2.19. The van der Waals surface area contributed by atoms with E-state index in [1.165, 1.54) is 0 Å². The molecule has 9 heteroatoms. The van der Waals surface area contributed by atoms with Gasteiger partial charge in [-0.05, 0) is 25.0 Å². The average molecular weight is 375 g/mol. The molecular weight excluding hydrogens is 354 g/mol. The lowest BCUT2D eigenvalue weighted by molar-refractivity contribution is -0.148. The van der Waals surface area contributed by atoms with E-state index in [0.29, 0.717) is 0 Å². The predicted octanol–water partition coefficient (Wildman–Crippen LogP) is 0.431. The van der Waals surface area contributed by atoms with Gasteiger partial charge in [-0.3, -0.25) is 9.59 Å². The minimum Gasteiger partial charge on any atom is -0.480 e. The van der Waals surface area contributed by atoms with Gasteiger partial charge in [0, 0.05) is 29.9 Å². The topological polar surface area (TPSA) is 163 Å². The number of carboxylic acids is 2. The maximum absolute atomic E-state index is 12.1. The molecule has 1 amide bonds. The van der Waals surface area contributed by atoms with Crippen LogP contribution in [0.15, 0.2) is 30.5 Å². The minimum absolute atomic E-state index is 0.0461. The Morgan fingerprint density at radius 2 is 1.89 bits per heavy atom. The predicted molar refractivity (Wildman–Crippen MR) is 96.0 cm³/mol. The lowest BCUT2D eigenvalue weighted by atomic mass is 9.90. The largest absolute Gasteiger partial charge is 0.480 e. The molecule has 0 aliphatic heterocycles. The third-order valence-electron chi connectivity index (χ3n) is 4.49. The highest BCUT2D eigenvalue weighted by atomic mass is 16.4. The molecule has 2 rings (SSSR count). The number of hydrogen-bond acceptors (Lipinski definition) is 5. The summed E-state index contributed by atoms with van der Waals surface area (Å²) < 4.78 is 0. The lowest BCUT2D eigenvalue weighted by Crippen LogP contribution is -2.54. The lowest BCUT2D eigenvalue weighted by Gasteiger charge is -2.21. The van der Waals surface area contributed by atoms with Crippen LogP contribution in [0.3, 0.4) is 0 Å². The fraction of sp³-hybridized carbons (Fsp3) is 0.333. The molecule has 0 spiro atoms. The molecule has 0 fully saturated rings. The van der Waals surface area contributed by atoms with Crippen LogP contribution in [0.1, 0.15) is 25.3 Å². The number of carboxylic acid groups (broad SMARTS) is 2. The summed E-state index contributed by atoms with van der Waals surface area (Å²) in [5, 5.41) is 21.7. The molecule has 1 heterocycles. The number of amides is 1. The molecule has 2 atom stereocenters. The molecular formula is C18H21N3O6. The molecule has 27 heavy (non-hydrogen) atoms. The second-order valence-electron chi connectivity index (χ2n) is 6.35. The first-order valence-corrected chi connectivity index (χ1v) is 8.25. The van der Waals surface area contributed by atoms with Gasteiger partial charge >= 0.3 is 11.9 Å². The van der Waals surface area contributed by atoms with E-state index in [0.717, 1.165) is 23.4 Å². The molecule has 0 bridgehead atoms. The quantitative estimate of drug-likeness (QED) is 0.397. The summed E-state index contributed by atoms with van der Waals surface area (Å²) in [4.78, 5) is 49.3. The van der Waals surface area contributed by atoms with Gasteiger partial charge < -0.3 is 26.2 Å². The van der Waals surface area contributed by atoms with Crippen LogP contribution in [0.25, 0.3) is 10.9 Å². The fourth-order valence-corrected chi connectivity index (χ4v) is 2.73. The molecule has 0 aliphatic carbocycles. The van der Waals surface area contributed by atoms with Crippen LogP contribution in [0.5, 0.6) is 0 Å². The van der Waals surface area contributed by atoms with Crippen molar-refractivity contribution >= 4 is 34.5 Å². The van der Waals surface area contributed by atoms with E-state index in [1.807, 2.05) is 24.3 Å². The first kappa shape index (κ1) is 20.1. The van der Waals surface area contributed by atoms with Gasteiger partial charge in [-0.1, -0.05) is 18.2 Å². The van der Waals surface area contributed by atoms with Crippen molar-refractivity contribution in [1.82, 2.24) is 10.3 Å². The van der Waals surface area contributed by atoms with Crippen LogP contribution in [0.4, 0.5) is 0 Å². The number of fused-ring (bicyclic) bond motifs is 1. The number of nitrogens with two attached hydrogens (primary N) is 1. The summed E-state index contributed by atoms with van der Waals surface area (Å²) in [5.74, 6) is -4.23. The van der Waals surface area contributed by atoms with Crippen molar-refractivity contribution < 1.29 is 29.4 Å². The molecule has 2 aromatic rings. The molecule has 0 unspecified atom stereocenters. The number of aromatic amines is 1.